The summed E-state index contributed by atoms with van der Waals surface area (Å²) in [7, 11) is 0. The molecule has 2 nitrogen and oxygen atoms in total. The molecule has 0 radical (unpaired) electrons. The molecule has 0 fully saturated rings. The summed E-state index contributed by atoms with van der Waals surface area (Å²) in [4.78, 5) is 10.7. The minimum Gasteiger partial charge on any atom is -0.293 e. The molecule has 0 unspecified atom stereocenters. The van der Waals surface area contributed by atoms with Crippen molar-refractivity contribution in [2.24, 2.45) is 4.40 Å². The first-order valence-corrected chi connectivity index (χ1v) is 3.72. The average Bonchev–Trinajstić information content (AvgIpc) is 2.12. The Morgan fingerprint density at radius 2 is 2.40 bits per heavy atom. The van der Waals surface area contributed by atoms with Crippen LogP contribution in [-0.4, -0.2) is 11.5 Å². The van der Waals surface area contributed by atoms with Crippen molar-refractivity contribution in [1.82, 2.24) is 0 Å². The van der Waals surface area contributed by atoms with Crippen LogP contribution in [-0.2, 0) is 4.79 Å². The summed E-state index contributed by atoms with van der Waals surface area (Å²) >= 11 is 1.28. The van der Waals surface area contributed by atoms with Gasteiger partial charge >= 0.3 is 0 Å². The van der Waals surface area contributed by atoms with E-state index < -0.39 is 0 Å². The van der Waals surface area contributed by atoms with Crippen LogP contribution in [0.1, 0.15) is 6.92 Å². The number of ketones is 1. The molecule has 0 aliphatic carbocycles. The van der Waals surface area contributed by atoms with Gasteiger partial charge in [-0.3, -0.25) is 4.79 Å². The van der Waals surface area contributed by atoms with Gasteiger partial charge in [0.2, 0.25) is 0 Å². The maximum atomic E-state index is 10.7. The fourth-order valence-corrected chi connectivity index (χ4v) is 1.05. The molecule has 3 heteroatoms. The largest absolute Gasteiger partial charge is 0.293 e. The Morgan fingerprint density at radius 3 is 3.10 bits per heavy atom. The van der Waals surface area contributed by atoms with E-state index in [0.29, 0.717) is 5.71 Å². The van der Waals surface area contributed by atoms with Crippen molar-refractivity contribution in [3.63, 3.8) is 0 Å². The zero-order chi connectivity index (χ0) is 7.40. The number of carbonyl (C=O) groups excluding carboxylic acids is 1. The molecule has 10 heavy (non-hydrogen) atoms. The molecule has 0 bridgehead atoms. The molecule has 1 aliphatic rings. The monoisotopic (exact) mass is 153 g/mol. The Bertz CT molecular complexity index is 228. The SMILES string of the molecule is CC(=O)C1=NSC=CC=C1. The summed E-state index contributed by atoms with van der Waals surface area (Å²) in [6, 6.07) is 0. The van der Waals surface area contributed by atoms with Crippen LogP contribution in [0.2, 0.25) is 0 Å². The molecule has 0 aromatic heterocycles. The highest BCUT2D eigenvalue weighted by molar-refractivity contribution is 8.01. The minimum atomic E-state index is 0.00690. The number of Topliss-reactive ketones (excluding diaryl/α,β-unsaturated/α-hetero) is 1. The zero-order valence-electron chi connectivity index (χ0n) is 5.57. The van der Waals surface area contributed by atoms with Crippen molar-refractivity contribution in [2.45, 2.75) is 6.92 Å². The molecule has 0 saturated heterocycles. The summed E-state index contributed by atoms with van der Waals surface area (Å²) in [6.07, 6.45) is 5.36. The number of hydrogen-bond donors (Lipinski definition) is 0. The highest BCUT2D eigenvalue weighted by atomic mass is 32.2. The molecule has 1 heterocycles. The standard InChI is InChI=1S/C7H7NOS/c1-6(9)7-4-2-3-5-10-8-7/h2-5H,1H3. The fraction of sp³-hybridized carbons (Fsp3) is 0.143. The molecular weight excluding hydrogens is 146 g/mol. The quantitative estimate of drug-likeness (QED) is 0.537. The first-order valence-electron chi connectivity index (χ1n) is 2.88. The van der Waals surface area contributed by atoms with E-state index >= 15 is 0 Å². The lowest BCUT2D eigenvalue weighted by Crippen LogP contribution is -2.04. The normalized spacial score (nSPS) is 16.3. The Labute approximate surface area is 63.9 Å². The second kappa shape index (κ2) is 3.37. The highest BCUT2D eigenvalue weighted by Crippen LogP contribution is 2.08. The van der Waals surface area contributed by atoms with Crippen LogP contribution in [0.15, 0.2) is 28.0 Å². The third-order valence-electron chi connectivity index (χ3n) is 1.02. The molecule has 0 atom stereocenters. The van der Waals surface area contributed by atoms with Gasteiger partial charge in [0, 0.05) is 18.9 Å². The van der Waals surface area contributed by atoms with Crippen molar-refractivity contribution in [2.75, 3.05) is 0 Å². The van der Waals surface area contributed by atoms with Crippen molar-refractivity contribution in [3.8, 4) is 0 Å². The summed E-state index contributed by atoms with van der Waals surface area (Å²) in [5.41, 5.74) is 0.523. The van der Waals surface area contributed by atoms with Gasteiger partial charge in [0.25, 0.3) is 0 Å². The third kappa shape index (κ3) is 1.84. The topological polar surface area (TPSA) is 29.4 Å². The van der Waals surface area contributed by atoms with E-state index in [9.17, 15) is 4.79 Å². The van der Waals surface area contributed by atoms with Gasteiger partial charge in [0.05, 0.1) is 0 Å². The van der Waals surface area contributed by atoms with Gasteiger partial charge in [0.1, 0.15) is 5.71 Å². The van der Waals surface area contributed by atoms with Crippen molar-refractivity contribution >= 4 is 23.4 Å². The Balaban J connectivity index is 2.78. The molecule has 1 rings (SSSR count). The molecular formula is C7H7NOS. The number of nitrogens with zero attached hydrogens (tertiary/aromatic N) is 1. The maximum absolute atomic E-state index is 10.7. The second-order valence-corrected chi connectivity index (χ2v) is 2.49. The van der Waals surface area contributed by atoms with E-state index in [1.165, 1.54) is 18.9 Å². The summed E-state index contributed by atoms with van der Waals surface area (Å²) < 4.78 is 3.93. The minimum absolute atomic E-state index is 0.00690. The second-order valence-electron chi connectivity index (χ2n) is 1.83. The predicted octanol–water partition coefficient (Wildman–Crippen LogP) is 1.75. The molecule has 0 aromatic carbocycles. The van der Waals surface area contributed by atoms with Crippen LogP contribution >= 0.6 is 11.9 Å². The number of allylic oxidation sites excluding steroid dienone is 3. The first kappa shape index (κ1) is 7.28. The molecule has 0 aromatic rings. The van der Waals surface area contributed by atoms with E-state index in [0.717, 1.165) is 0 Å². The molecule has 52 valence electrons. The van der Waals surface area contributed by atoms with Crippen LogP contribution in [0.4, 0.5) is 0 Å². The molecule has 0 N–H and O–H groups in total. The maximum Gasteiger partial charge on any atom is 0.178 e. The summed E-state index contributed by atoms with van der Waals surface area (Å²) in [6.45, 7) is 1.51. The van der Waals surface area contributed by atoms with Crippen LogP contribution in [0.25, 0.3) is 0 Å². The van der Waals surface area contributed by atoms with Crippen LogP contribution in [0.3, 0.4) is 0 Å². The predicted molar refractivity (Wildman–Crippen MR) is 44.0 cm³/mol. The van der Waals surface area contributed by atoms with Gasteiger partial charge < -0.3 is 0 Å². The first-order chi connectivity index (χ1) is 4.80. The third-order valence-corrected chi connectivity index (χ3v) is 1.60. The lowest BCUT2D eigenvalue weighted by atomic mass is 10.2. The molecule has 1 aliphatic heterocycles. The Kier molecular flexibility index (Phi) is 2.45. The van der Waals surface area contributed by atoms with E-state index in [1.54, 1.807) is 12.2 Å². The van der Waals surface area contributed by atoms with Crippen LogP contribution < -0.4 is 0 Å². The number of hydrogen-bond acceptors (Lipinski definition) is 3. The van der Waals surface area contributed by atoms with Gasteiger partial charge in [-0.05, 0) is 11.5 Å². The smallest absolute Gasteiger partial charge is 0.178 e. The van der Waals surface area contributed by atoms with Crippen molar-refractivity contribution in [1.29, 1.82) is 0 Å². The Morgan fingerprint density at radius 1 is 1.60 bits per heavy atom. The molecule has 0 spiro atoms. The average molecular weight is 153 g/mol. The summed E-state index contributed by atoms with van der Waals surface area (Å²) in [5.74, 6) is 0.00690. The Hall–Kier alpha value is -0.830. The molecule has 0 saturated carbocycles. The highest BCUT2D eigenvalue weighted by Gasteiger charge is 2.00. The van der Waals surface area contributed by atoms with Gasteiger partial charge in [-0.25, -0.2) is 4.40 Å². The fourth-order valence-electron chi connectivity index (χ4n) is 0.526. The van der Waals surface area contributed by atoms with E-state index in [4.69, 9.17) is 0 Å². The van der Waals surface area contributed by atoms with E-state index in [1.807, 2.05) is 11.5 Å². The van der Waals surface area contributed by atoms with Crippen molar-refractivity contribution in [3.05, 3.63) is 23.6 Å². The van der Waals surface area contributed by atoms with Gasteiger partial charge in [-0.2, -0.15) is 0 Å². The van der Waals surface area contributed by atoms with E-state index in [2.05, 4.69) is 4.40 Å². The number of carbonyl (C=O) groups is 1. The van der Waals surface area contributed by atoms with Crippen LogP contribution in [0, 0.1) is 0 Å². The lowest BCUT2D eigenvalue weighted by molar-refractivity contribution is -0.110. The van der Waals surface area contributed by atoms with E-state index in [-0.39, 0.29) is 5.78 Å². The van der Waals surface area contributed by atoms with Gasteiger partial charge in [0.15, 0.2) is 5.78 Å². The van der Waals surface area contributed by atoms with Crippen molar-refractivity contribution < 1.29 is 4.79 Å². The summed E-state index contributed by atoms with van der Waals surface area (Å²) in [5, 5.41) is 1.83. The van der Waals surface area contributed by atoms with Gasteiger partial charge in [-0.15, -0.1) is 0 Å². The zero-order valence-corrected chi connectivity index (χ0v) is 6.39. The van der Waals surface area contributed by atoms with Crippen LogP contribution in [0.5, 0.6) is 0 Å². The van der Waals surface area contributed by atoms with Gasteiger partial charge in [-0.1, -0.05) is 12.2 Å². The number of rotatable bonds is 1. The lowest BCUT2D eigenvalue weighted by Gasteiger charge is -1.88. The molecule has 0 amide bonds.